The van der Waals surface area contributed by atoms with Crippen molar-refractivity contribution >= 4 is 17.9 Å². The summed E-state index contributed by atoms with van der Waals surface area (Å²) < 4.78 is 5.41. The van der Waals surface area contributed by atoms with Gasteiger partial charge in [0.15, 0.2) is 0 Å². The number of carbonyl (C=O) groups excluding carboxylic acids is 3. The fourth-order valence-corrected chi connectivity index (χ4v) is 3.56. The number of nitrogens with zero attached hydrogens (tertiary/aromatic N) is 3. The molecule has 2 heterocycles. The van der Waals surface area contributed by atoms with Crippen LogP contribution in [-0.4, -0.2) is 77.5 Å². The Hall–Kier alpha value is -1.79. The first-order valence-electron chi connectivity index (χ1n) is 10.1. The molecule has 0 aromatic rings. The largest absolute Gasteiger partial charge is 0.444 e. The lowest BCUT2D eigenvalue weighted by atomic mass is 9.93. The summed E-state index contributed by atoms with van der Waals surface area (Å²) in [5.74, 6) is 0.646. The van der Waals surface area contributed by atoms with Crippen LogP contribution >= 0.6 is 0 Å². The first kappa shape index (κ1) is 21.5. The molecule has 0 atom stereocenters. The van der Waals surface area contributed by atoms with Gasteiger partial charge in [0.2, 0.25) is 11.8 Å². The molecule has 0 unspecified atom stereocenters. The molecule has 2 aliphatic heterocycles. The lowest BCUT2D eigenvalue weighted by molar-refractivity contribution is -0.142. The van der Waals surface area contributed by atoms with Gasteiger partial charge in [-0.25, -0.2) is 4.79 Å². The minimum atomic E-state index is -0.483. The predicted octanol–water partition coefficient (Wildman–Crippen LogP) is 2.35. The quantitative estimate of drug-likeness (QED) is 0.752. The summed E-state index contributed by atoms with van der Waals surface area (Å²) in [5.41, 5.74) is -0.483. The van der Waals surface area contributed by atoms with Gasteiger partial charge in [0.25, 0.3) is 0 Å². The Morgan fingerprint density at radius 2 is 1.41 bits per heavy atom. The molecule has 154 valence electrons. The van der Waals surface area contributed by atoms with Crippen LogP contribution in [0.1, 0.15) is 53.9 Å². The molecule has 2 fully saturated rings. The third kappa shape index (κ3) is 6.40. The highest BCUT2D eigenvalue weighted by Gasteiger charge is 2.30. The average molecular weight is 382 g/mol. The number of hydrogen-bond acceptors (Lipinski definition) is 4. The van der Waals surface area contributed by atoms with Gasteiger partial charge in [-0.05, 0) is 39.5 Å². The van der Waals surface area contributed by atoms with Gasteiger partial charge in [-0.3, -0.25) is 9.59 Å². The number of rotatable bonds is 3. The molecule has 3 amide bonds. The summed E-state index contributed by atoms with van der Waals surface area (Å²) in [6.07, 6.45) is 1.92. The zero-order chi connectivity index (χ0) is 20.2. The molecule has 2 aliphatic rings. The van der Waals surface area contributed by atoms with Gasteiger partial charge < -0.3 is 19.4 Å². The number of amides is 3. The minimum absolute atomic E-state index is 0.00223. The van der Waals surface area contributed by atoms with Crippen molar-refractivity contribution in [3.05, 3.63) is 0 Å². The topological polar surface area (TPSA) is 70.2 Å². The lowest BCUT2D eigenvalue weighted by Gasteiger charge is -2.37. The summed E-state index contributed by atoms with van der Waals surface area (Å²) in [6, 6.07) is 0. The van der Waals surface area contributed by atoms with Crippen molar-refractivity contribution in [1.29, 1.82) is 0 Å². The van der Waals surface area contributed by atoms with E-state index in [9.17, 15) is 14.4 Å². The Labute approximate surface area is 163 Å². The summed E-state index contributed by atoms with van der Waals surface area (Å²) in [5, 5.41) is 0. The second-order valence-corrected chi connectivity index (χ2v) is 8.98. The molecule has 27 heavy (non-hydrogen) atoms. The second kappa shape index (κ2) is 8.93. The van der Waals surface area contributed by atoms with E-state index in [-0.39, 0.29) is 23.8 Å². The van der Waals surface area contributed by atoms with Gasteiger partial charge in [0.05, 0.1) is 0 Å². The van der Waals surface area contributed by atoms with Crippen molar-refractivity contribution in [2.45, 2.75) is 59.5 Å². The third-order valence-electron chi connectivity index (χ3n) is 5.17. The summed E-state index contributed by atoms with van der Waals surface area (Å²) in [4.78, 5) is 42.2. The maximum Gasteiger partial charge on any atom is 0.410 e. The van der Waals surface area contributed by atoms with Crippen molar-refractivity contribution in [2.24, 2.45) is 11.8 Å². The predicted molar refractivity (Wildman–Crippen MR) is 103 cm³/mol. The minimum Gasteiger partial charge on any atom is -0.444 e. The van der Waals surface area contributed by atoms with Crippen LogP contribution in [0.2, 0.25) is 0 Å². The van der Waals surface area contributed by atoms with Crippen molar-refractivity contribution in [3.63, 3.8) is 0 Å². The standard InChI is InChI=1S/C20H35N3O4/c1-15(2)18(25)22-12-10-21(11-13-22)17(24)14-16-6-8-23(9-7-16)19(26)27-20(3,4)5/h15-16H,6-14H2,1-5H3. The maximum absolute atomic E-state index is 12.6. The Morgan fingerprint density at radius 3 is 1.89 bits per heavy atom. The Kier molecular flexibility index (Phi) is 7.12. The monoisotopic (exact) mass is 381 g/mol. The van der Waals surface area contributed by atoms with E-state index in [4.69, 9.17) is 4.74 Å². The van der Waals surface area contributed by atoms with Gasteiger partial charge >= 0.3 is 6.09 Å². The second-order valence-electron chi connectivity index (χ2n) is 8.98. The molecule has 0 saturated carbocycles. The SMILES string of the molecule is CC(C)C(=O)N1CCN(C(=O)CC2CCN(C(=O)OC(C)(C)C)CC2)CC1. The van der Waals surface area contributed by atoms with E-state index in [0.717, 1.165) is 12.8 Å². The van der Waals surface area contributed by atoms with E-state index < -0.39 is 5.60 Å². The third-order valence-corrected chi connectivity index (χ3v) is 5.17. The molecule has 7 nitrogen and oxygen atoms in total. The molecular formula is C20H35N3O4. The van der Waals surface area contributed by atoms with Crippen LogP contribution in [0, 0.1) is 11.8 Å². The molecule has 0 spiro atoms. The van der Waals surface area contributed by atoms with Crippen LogP contribution in [0.25, 0.3) is 0 Å². The van der Waals surface area contributed by atoms with Crippen molar-refractivity contribution in [2.75, 3.05) is 39.3 Å². The number of likely N-dealkylation sites (tertiary alicyclic amines) is 1. The van der Waals surface area contributed by atoms with Crippen LogP contribution < -0.4 is 0 Å². The van der Waals surface area contributed by atoms with Gasteiger partial charge in [0.1, 0.15) is 5.60 Å². The van der Waals surface area contributed by atoms with Gasteiger partial charge in [0, 0.05) is 51.6 Å². The van der Waals surface area contributed by atoms with E-state index in [1.54, 1.807) is 4.90 Å². The zero-order valence-electron chi connectivity index (χ0n) is 17.5. The number of ether oxygens (including phenoxy) is 1. The molecule has 2 rings (SSSR count). The maximum atomic E-state index is 12.6. The lowest BCUT2D eigenvalue weighted by Crippen LogP contribution is -2.52. The van der Waals surface area contributed by atoms with E-state index in [0.29, 0.717) is 51.6 Å². The number of piperazine rings is 1. The van der Waals surface area contributed by atoms with Crippen LogP contribution in [0.4, 0.5) is 4.79 Å². The normalized spacial score (nSPS) is 19.4. The highest BCUT2D eigenvalue weighted by atomic mass is 16.6. The van der Waals surface area contributed by atoms with Crippen molar-refractivity contribution < 1.29 is 19.1 Å². The Bertz CT molecular complexity index is 540. The van der Waals surface area contributed by atoms with E-state index in [2.05, 4.69) is 0 Å². The van der Waals surface area contributed by atoms with Gasteiger partial charge in [-0.15, -0.1) is 0 Å². The fraction of sp³-hybridized carbons (Fsp3) is 0.850. The molecular weight excluding hydrogens is 346 g/mol. The van der Waals surface area contributed by atoms with Crippen LogP contribution in [-0.2, 0) is 14.3 Å². The fourth-order valence-electron chi connectivity index (χ4n) is 3.56. The smallest absolute Gasteiger partial charge is 0.410 e. The Balaban J connectivity index is 1.72. The summed E-state index contributed by atoms with van der Waals surface area (Å²) in [7, 11) is 0. The number of carbonyl (C=O) groups is 3. The highest BCUT2D eigenvalue weighted by molar-refractivity contribution is 5.79. The van der Waals surface area contributed by atoms with E-state index in [1.165, 1.54) is 0 Å². The molecule has 7 heteroatoms. The van der Waals surface area contributed by atoms with Gasteiger partial charge in [-0.2, -0.15) is 0 Å². The number of hydrogen-bond donors (Lipinski definition) is 0. The molecule has 0 aromatic heterocycles. The molecule has 0 radical (unpaired) electrons. The van der Waals surface area contributed by atoms with E-state index >= 15 is 0 Å². The molecule has 2 saturated heterocycles. The average Bonchev–Trinajstić information content (AvgIpc) is 2.60. The first-order chi connectivity index (χ1) is 12.6. The van der Waals surface area contributed by atoms with E-state index in [1.807, 2.05) is 44.4 Å². The molecule has 0 aliphatic carbocycles. The van der Waals surface area contributed by atoms with Crippen LogP contribution in [0.15, 0.2) is 0 Å². The van der Waals surface area contributed by atoms with Crippen LogP contribution in [0.5, 0.6) is 0 Å². The highest BCUT2D eigenvalue weighted by Crippen LogP contribution is 2.23. The van der Waals surface area contributed by atoms with Crippen molar-refractivity contribution in [3.8, 4) is 0 Å². The molecule has 0 aromatic carbocycles. The van der Waals surface area contributed by atoms with Crippen molar-refractivity contribution in [1.82, 2.24) is 14.7 Å². The van der Waals surface area contributed by atoms with Gasteiger partial charge in [-0.1, -0.05) is 13.8 Å². The summed E-state index contributed by atoms with van der Waals surface area (Å²) in [6.45, 7) is 13.2. The van der Waals surface area contributed by atoms with Crippen LogP contribution in [0.3, 0.4) is 0 Å². The Morgan fingerprint density at radius 1 is 0.889 bits per heavy atom. The zero-order valence-corrected chi connectivity index (χ0v) is 17.5. The first-order valence-corrected chi connectivity index (χ1v) is 10.1. The summed E-state index contributed by atoms with van der Waals surface area (Å²) >= 11 is 0. The molecule has 0 N–H and O–H groups in total. The number of piperidine rings is 1. The molecule has 0 bridgehead atoms.